The van der Waals surface area contributed by atoms with Crippen molar-refractivity contribution in [2.45, 2.75) is 113 Å². The number of rotatable bonds is 2. The van der Waals surface area contributed by atoms with E-state index in [0.717, 1.165) is 49.9 Å². The van der Waals surface area contributed by atoms with E-state index in [1.165, 1.54) is 25.7 Å². The smallest absolute Gasteiger partial charge is 0.200 e. The summed E-state index contributed by atoms with van der Waals surface area (Å²) < 4.78 is 27.1. The fourth-order valence-corrected chi connectivity index (χ4v) is 10.7. The van der Waals surface area contributed by atoms with Gasteiger partial charge >= 0.3 is 0 Å². The molecule has 0 amide bonds. The molecule has 0 N–H and O–H groups in total. The summed E-state index contributed by atoms with van der Waals surface area (Å²) in [6.45, 7) is 0. The zero-order valence-corrected chi connectivity index (χ0v) is 29.1. The van der Waals surface area contributed by atoms with E-state index in [1.54, 1.807) is 0 Å². The van der Waals surface area contributed by atoms with Crippen molar-refractivity contribution in [2.24, 2.45) is 0 Å². The Bertz CT molecular complexity index is 2320. The molecule has 5 aliphatic rings. The Kier molecular flexibility index (Phi) is 7.10. The van der Waals surface area contributed by atoms with Gasteiger partial charge in [-0.05, 0) is 87.1 Å². The maximum absolute atomic E-state index is 13.5. The van der Waals surface area contributed by atoms with Crippen LogP contribution < -0.4 is 20.7 Å². The number of para-hydroxylation sites is 2. The van der Waals surface area contributed by atoms with Crippen molar-refractivity contribution >= 4 is 55.3 Å². The van der Waals surface area contributed by atoms with Crippen molar-refractivity contribution < 1.29 is 18.3 Å². The lowest BCUT2D eigenvalue weighted by Gasteiger charge is -2.61. The van der Waals surface area contributed by atoms with Crippen molar-refractivity contribution in [1.82, 2.24) is 0 Å². The van der Waals surface area contributed by atoms with Gasteiger partial charge in [0.15, 0.2) is 0 Å². The van der Waals surface area contributed by atoms with Crippen molar-refractivity contribution in [3.8, 4) is 0 Å². The molecule has 2 saturated heterocycles. The van der Waals surface area contributed by atoms with E-state index >= 15 is 0 Å². The average Bonchev–Trinajstić information content (AvgIpc) is 3.18. The Morgan fingerprint density at radius 1 is 0.442 bits per heavy atom. The molecule has 2 aliphatic heterocycles. The first-order valence-electron chi connectivity index (χ1n) is 19.4. The van der Waals surface area contributed by atoms with E-state index in [2.05, 4.69) is 34.1 Å². The second-order valence-electron chi connectivity index (χ2n) is 15.8. The first kappa shape index (κ1) is 30.9. The van der Waals surface area contributed by atoms with Crippen LogP contribution in [0.2, 0.25) is 0 Å². The Hall–Kier alpha value is -4.66. The third-order valence-electron chi connectivity index (χ3n) is 13.0. The number of benzene rings is 4. The predicted molar refractivity (Wildman–Crippen MR) is 204 cm³/mol. The summed E-state index contributed by atoms with van der Waals surface area (Å²) in [5.41, 5.74) is 4.71. The number of morpholine rings is 2. The van der Waals surface area contributed by atoms with Gasteiger partial charge in [0, 0.05) is 23.5 Å². The van der Waals surface area contributed by atoms with Gasteiger partial charge in [0.25, 0.3) is 0 Å². The highest BCUT2D eigenvalue weighted by Gasteiger charge is 2.54. The number of nitrogens with zero attached hydrogens (tertiary/aromatic N) is 2. The minimum absolute atomic E-state index is 0.0122. The lowest BCUT2D eigenvalue weighted by Crippen LogP contribution is -2.71. The highest BCUT2D eigenvalue weighted by atomic mass is 16.5. The number of anilines is 2. The first-order chi connectivity index (χ1) is 25.6. The zero-order valence-electron chi connectivity index (χ0n) is 29.1. The largest absolute Gasteiger partial charge is 0.456 e. The maximum Gasteiger partial charge on any atom is 0.200 e. The number of fused-ring (bicyclic) bond motifs is 8. The topological polar surface area (TPSA) is 85.4 Å². The molecule has 0 spiro atoms. The molecular formula is C44H42N2O6. The standard InChI is InChI=1S/C44H42N2O6/c47-43-27-9-1-5-13-35(27)49-39-21-25(17-19-29(39)43)45-31-11-3-7-15-37(31)51-41-24-34-42(23-33(41)45)52-38-16-8-4-12-32(38)46(34)26-18-20-30-40(22-26)50-36-14-6-2-10-28(36)44(30)48/h1-2,5-6,9-10,13-14,17-22,31-34,37-38,41-42H,3-4,7-8,11-12,15-16,23-24H2. The monoisotopic (exact) mass is 694 g/mol. The Labute approximate surface area is 300 Å². The molecule has 264 valence electrons. The lowest BCUT2D eigenvalue weighted by molar-refractivity contribution is -0.154. The van der Waals surface area contributed by atoms with Crippen LogP contribution in [0.1, 0.15) is 64.2 Å². The van der Waals surface area contributed by atoms with Crippen LogP contribution >= 0.6 is 0 Å². The molecule has 3 saturated carbocycles. The van der Waals surface area contributed by atoms with Gasteiger partial charge in [-0.2, -0.15) is 0 Å². The third-order valence-corrected chi connectivity index (χ3v) is 13.0. The molecule has 3 aliphatic carbocycles. The normalized spacial score (nSPS) is 30.2. The van der Waals surface area contributed by atoms with Crippen LogP contribution in [0.15, 0.2) is 103 Å². The van der Waals surface area contributed by atoms with Gasteiger partial charge in [-0.25, -0.2) is 0 Å². The molecule has 11 rings (SSSR count). The summed E-state index contributed by atoms with van der Waals surface area (Å²) in [4.78, 5) is 32.2. The zero-order chi connectivity index (χ0) is 34.5. The second kappa shape index (κ2) is 11.9. The van der Waals surface area contributed by atoms with Crippen LogP contribution in [0.25, 0.3) is 43.9 Å². The molecule has 8 atom stereocenters. The van der Waals surface area contributed by atoms with Crippen LogP contribution in [0.3, 0.4) is 0 Å². The van der Waals surface area contributed by atoms with Gasteiger partial charge in [-0.15, -0.1) is 0 Å². The number of ether oxygens (including phenoxy) is 2. The Balaban J connectivity index is 0.996. The van der Waals surface area contributed by atoms with Gasteiger partial charge in [-0.3, -0.25) is 9.59 Å². The average molecular weight is 695 g/mol. The van der Waals surface area contributed by atoms with Crippen LogP contribution in [-0.4, -0.2) is 48.6 Å². The van der Waals surface area contributed by atoms with Gasteiger partial charge in [-0.1, -0.05) is 49.9 Å². The van der Waals surface area contributed by atoms with Crippen LogP contribution in [0, 0.1) is 0 Å². The molecular weight excluding hydrogens is 652 g/mol. The number of hydrogen-bond acceptors (Lipinski definition) is 8. The minimum atomic E-state index is 0.0122. The Morgan fingerprint density at radius 2 is 0.865 bits per heavy atom. The van der Waals surface area contributed by atoms with Crippen molar-refractivity contribution in [3.63, 3.8) is 0 Å². The van der Waals surface area contributed by atoms with Gasteiger partial charge in [0.05, 0.1) is 70.1 Å². The quantitative estimate of drug-likeness (QED) is 0.167. The van der Waals surface area contributed by atoms with Crippen molar-refractivity contribution in [1.29, 1.82) is 0 Å². The highest BCUT2D eigenvalue weighted by molar-refractivity contribution is 5.92. The van der Waals surface area contributed by atoms with Gasteiger partial charge in [0.2, 0.25) is 10.9 Å². The first-order valence-corrected chi connectivity index (χ1v) is 19.4. The van der Waals surface area contributed by atoms with E-state index in [-0.39, 0.29) is 59.4 Å². The fourth-order valence-electron chi connectivity index (χ4n) is 10.7. The van der Waals surface area contributed by atoms with Crippen LogP contribution in [0.5, 0.6) is 0 Å². The maximum atomic E-state index is 13.5. The van der Waals surface area contributed by atoms with E-state index in [9.17, 15) is 9.59 Å². The van der Waals surface area contributed by atoms with Crippen LogP contribution in [0.4, 0.5) is 11.4 Å². The molecule has 4 heterocycles. The van der Waals surface area contributed by atoms with Gasteiger partial charge < -0.3 is 28.1 Å². The predicted octanol–water partition coefficient (Wildman–Crippen LogP) is 8.47. The second-order valence-corrected chi connectivity index (χ2v) is 15.8. The summed E-state index contributed by atoms with van der Waals surface area (Å²) in [5.74, 6) is 0. The summed E-state index contributed by atoms with van der Waals surface area (Å²) in [5, 5.41) is 2.46. The molecule has 0 bridgehead atoms. The van der Waals surface area contributed by atoms with Crippen LogP contribution in [-0.2, 0) is 9.47 Å². The summed E-state index contributed by atoms with van der Waals surface area (Å²) in [7, 11) is 0. The van der Waals surface area contributed by atoms with E-state index in [4.69, 9.17) is 18.3 Å². The highest BCUT2D eigenvalue weighted by Crippen LogP contribution is 2.48. The third kappa shape index (κ3) is 4.73. The Morgan fingerprint density at radius 3 is 1.35 bits per heavy atom. The number of hydrogen-bond donors (Lipinski definition) is 0. The minimum Gasteiger partial charge on any atom is -0.456 e. The molecule has 8 nitrogen and oxygen atoms in total. The van der Waals surface area contributed by atoms with E-state index < -0.39 is 0 Å². The molecule has 5 fully saturated rings. The molecule has 2 aromatic heterocycles. The molecule has 0 radical (unpaired) electrons. The SMILES string of the molecule is O=c1c2ccccc2oc2cc(N3C4CCCCC4OC4CC5C(CC43)OC3CCCCC3N5c3ccc4c(=O)c5ccccc5oc4c3)ccc12. The van der Waals surface area contributed by atoms with E-state index in [0.29, 0.717) is 43.9 Å². The van der Waals surface area contributed by atoms with E-state index in [1.807, 2.05) is 60.7 Å². The summed E-state index contributed by atoms with van der Waals surface area (Å²) >= 11 is 0. The molecule has 6 aromatic rings. The molecule has 4 aromatic carbocycles. The van der Waals surface area contributed by atoms with Crippen molar-refractivity contribution in [3.05, 3.63) is 105 Å². The molecule has 52 heavy (non-hydrogen) atoms. The summed E-state index contributed by atoms with van der Waals surface area (Å²) in [6, 6.07) is 28.2. The van der Waals surface area contributed by atoms with Gasteiger partial charge in [0.1, 0.15) is 22.3 Å². The van der Waals surface area contributed by atoms with Crippen molar-refractivity contribution in [2.75, 3.05) is 9.80 Å². The molecule has 8 unspecified atom stereocenters. The fraction of sp³-hybridized carbons (Fsp3) is 0.409. The molecule has 8 heteroatoms. The summed E-state index contributed by atoms with van der Waals surface area (Å²) in [6.07, 6.45) is 11.0. The lowest BCUT2D eigenvalue weighted by atomic mass is 9.76.